The number of fused-ring (bicyclic) bond motifs is 1. The molecule has 1 N–H and O–H groups in total. The lowest BCUT2D eigenvalue weighted by Gasteiger charge is -2.09. The first kappa shape index (κ1) is 16.9. The zero-order valence-electron chi connectivity index (χ0n) is 14.4. The molecule has 4 rings (SSSR count). The minimum absolute atomic E-state index is 0.0142. The summed E-state index contributed by atoms with van der Waals surface area (Å²) in [6.07, 6.45) is 1.74. The molecule has 27 heavy (non-hydrogen) atoms. The Morgan fingerprint density at radius 2 is 1.81 bits per heavy atom. The van der Waals surface area contributed by atoms with Crippen molar-refractivity contribution in [2.75, 3.05) is 5.32 Å². The summed E-state index contributed by atoms with van der Waals surface area (Å²) in [5.41, 5.74) is 2.09. The number of aromatic nitrogens is 2. The minimum atomic E-state index is -0.619. The fourth-order valence-corrected chi connectivity index (χ4v) is 2.90. The van der Waals surface area contributed by atoms with Crippen molar-refractivity contribution in [2.45, 2.75) is 6.92 Å². The van der Waals surface area contributed by atoms with Crippen LogP contribution in [0.1, 0.15) is 15.9 Å². The van der Waals surface area contributed by atoms with Crippen LogP contribution >= 0.6 is 0 Å². The van der Waals surface area contributed by atoms with Crippen LogP contribution in [0.3, 0.4) is 0 Å². The van der Waals surface area contributed by atoms with Crippen LogP contribution in [0.4, 0.5) is 14.6 Å². The number of pyridine rings is 1. The molecule has 0 unspecified atom stereocenters. The molecule has 1 amide bonds. The SMILES string of the molecule is Cc1ccn2c(NC(=O)c3ccccc3)c(-c3cc(F)ccc3F)nc2c1. The van der Waals surface area contributed by atoms with E-state index < -0.39 is 11.6 Å². The molecule has 4 aromatic rings. The fraction of sp³-hybridized carbons (Fsp3) is 0.0476. The van der Waals surface area contributed by atoms with Crippen LogP contribution in [0.2, 0.25) is 0 Å². The van der Waals surface area contributed by atoms with Gasteiger partial charge >= 0.3 is 0 Å². The monoisotopic (exact) mass is 363 g/mol. The van der Waals surface area contributed by atoms with E-state index >= 15 is 0 Å². The smallest absolute Gasteiger partial charge is 0.256 e. The molecule has 6 heteroatoms. The van der Waals surface area contributed by atoms with Crippen molar-refractivity contribution >= 4 is 17.4 Å². The maximum atomic E-state index is 14.4. The number of aryl methyl sites for hydroxylation is 1. The van der Waals surface area contributed by atoms with Gasteiger partial charge in [0.05, 0.1) is 0 Å². The summed E-state index contributed by atoms with van der Waals surface area (Å²) in [6.45, 7) is 1.90. The zero-order chi connectivity index (χ0) is 19.0. The van der Waals surface area contributed by atoms with Crippen LogP contribution in [-0.2, 0) is 0 Å². The number of amides is 1. The van der Waals surface area contributed by atoms with E-state index in [4.69, 9.17) is 0 Å². The van der Waals surface area contributed by atoms with E-state index in [9.17, 15) is 13.6 Å². The Balaban J connectivity index is 1.89. The Hall–Kier alpha value is -3.54. The first-order valence-electron chi connectivity index (χ1n) is 8.33. The van der Waals surface area contributed by atoms with Gasteiger partial charge in [-0.25, -0.2) is 13.8 Å². The van der Waals surface area contributed by atoms with Crippen molar-refractivity contribution in [2.24, 2.45) is 0 Å². The number of rotatable bonds is 3. The van der Waals surface area contributed by atoms with Crippen LogP contribution < -0.4 is 5.32 Å². The van der Waals surface area contributed by atoms with E-state index in [-0.39, 0.29) is 23.0 Å². The quantitative estimate of drug-likeness (QED) is 0.566. The Morgan fingerprint density at radius 3 is 2.59 bits per heavy atom. The number of hydrogen-bond donors (Lipinski definition) is 1. The summed E-state index contributed by atoms with van der Waals surface area (Å²) in [5.74, 6) is -1.29. The number of benzene rings is 2. The molecule has 0 saturated carbocycles. The number of carbonyl (C=O) groups is 1. The summed E-state index contributed by atoms with van der Waals surface area (Å²) in [4.78, 5) is 17.1. The van der Waals surface area contributed by atoms with Gasteiger partial charge in [-0.2, -0.15) is 0 Å². The lowest BCUT2D eigenvalue weighted by Crippen LogP contribution is -2.14. The van der Waals surface area contributed by atoms with Crippen molar-refractivity contribution in [3.05, 3.63) is 89.6 Å². The summed E-state index contributed by atoms with van der Waals surface area (Å²) in [6, 6.07) is 15.5. The van der Waals surface area contributed by atoms with Crippen LogP contribution in [0.15, 0.2) is 66.9 Å². The third-order valence-corrected chi connectivity index (χ3v) is 4.23. The first-order chi connectivity index (χ1) is 13.0. The molecule has 0 spiro atoms. The van der Waals surface area contributed by atoms with Gasteiger partial charge in [0.1, 0.15) is 28.8 Å². The van der Waals surface area contributed by atoms with Gasteiger partial charge in [-0.3, -0.25) is 9.20 Å². The maximum Gasteiger partial charge on any atom is 0.256 e. The third-order valence-electron chi connectivity index (χ3n) is 4.23. The van der Waals surface area contributed by atoms with E-state index in [2.05, 4.69) is 10.3 Å². The van der Waals surface area contributed by atoms with Crippen molar-refractivity contribution < 1.29 is 13.6 Å². The van der Waals surface area contributed by atoms with Gasteiger partial charge in [-0.05, 0) is 55.0 Å². The highest BCUT2D eigenvalue weighted by molar-refractivity contribution is 6.05. The second-order valence-electron chi connectivity index (χ2n) is 6.19. The van der Waals surface area contributed by atoms with Crippen molar-refractivity contribution in [3.8, 4) is 11.3 Å². The van der Waals surface area contributed by atoms with E-state index in [1.54, 1.807) is 47.0 Å². The van der Waals surface area contributed by atoms with Crippen molar-refractivity contribution in [3.63, 3.8) is 0 Å². The molecule has 2 aromatic carbocycles. The van der Waals surface area contributed by atoms with E-state index in [0.717, 1.165) is 23.8 Å². The highest BCUT2D eigenvalue weighted by Crippen LogP contribution is 2.31. The van der Waals surface area contributed by atoms with Gasteiger partial charge in [-0.1, -0.05) is 18.2 Å². The molecular weight excluding hydrogens is 348 g/mol. The van der Waals surface area contributed by atoms with Gasteiger partial charge < -0.3 is 5.32 Å². The van der Waals surface area contributed by atoms with Gasteiger partial charge in [0, 0.05) is 17.3 Å². The predicted molar refractivity (Wildman–Crippen MR) is 99.7 cm³/mol. The molecule has 0 aliphatic rings. The third kappa shape index (κ3) is 3.17. The molecule has 2 heterocycles. The molecule has 0 radical (unpaired) electrons. The van der Waals surface area contributed by atoms with Crippen LogP contribution in [-0.4, -0.2) is 15.3 Å². The molecule has 0 aliphatic heterocycles. The normalized spacial score (nSPS) is 10.9. The molecule has 0 saturated heterocycles. The maximum absolute atomic E-state index is 14.4. The molecule has 0 aliphatic carbocycles. The number of halogens is 2. The number of imidazole rings is 1. The van der Waals surface area contributed by atoms with Crippen molar-refractivity contribution in [1.29, 1.82) is 0 Å². The van der Waals surface area contributed by atoms with Gasteiger partial charge in [-0.15, -0.1) is 0 Å². The Bertz CT molecular complexity index is 1150. The molecular formula is C21H15F2N3O. The number of nitrogens with zero attached hydrogens (tertiary/aromatic N) is 2. The van der Waals surface area contributed by atoms with Gasteiger partial charge in [0.15, 0.2) is 0 Å². The Labute approximate surface area is 154 Å². The number of anilines is 1. The fourth-order valence-electron chi connectivity index (χ4n) is 2.90. The largest absolute Gasteiger partial charge is 0.306 e. The molecule has 0 fully saturated rings. The first-order valence-corrected chi connectivity index (χ1v) is 8.33. The summed E-state index contributed by atoms with van der Waals surface area (Å²) in [7, 11) is 0. The molecule has 134 valence electrons. The van der Waals surface area contributed by atoms with Gasteiger partial charge in [0.2, 0.25) is 0 Å². The predicted octanol–water partition coefficient (Wildman–Crippen LogP) is 4.84. The van der Waals surface area contributed by atoms with Crippen molar-refractivity contribution in [1.82, 2.24) is 9.38 Å². The molecule has 0 bridgehead atoms. The van der Waals surface area contributed by atoms with Gasteiger partial charge in [0.25, 0.3) is 5.91 Å². The lowest BCUT2D eigenvalue weighted by atomic mass is 10.1. The number of carbonyl (C=O) groups excluding carboxylic acids is 1. The molecule has 2 aromatic heterocycles. The summed E-state index contributed by atoms with van der Waals surface area (Å²) < 4.78 is 29.7. The van der Waals surface area contributed by atoms with E-state index in [0.29, 0.717) is 11.2 Å². The Kier molecular flexibility index (Phi) is 4.16. The topological polar surface area (TPSA) is 46.4 Å². The summed E-state index contributed by atoms with van der Waals surface area (Å²) >= 11 is 0. The van der Waals surface area contributed by atoms with E-state index in [1.165, 1.54) is 0 Å². The van der Waals surface area contributed by atoms with Crippen LogP contribution in [0, 0.1) is 18.6 Å². The standard InChI is InChI=1S/C21H15F2N3O/c1-13-9-10-26-18(11-13)24-19(16-12-15(22)7-8-17(16)23)20(26)25-21(27)14-5-3-2-4-6-14/h2-12H,1H3,(H,25,27). The van der Waals surface area contributed by atoms with E-state index in [1.807, 2.05) is 13.0 Å². The van der Waals surface area contributed by atoms with Crippen LogP contribution in [0.5, 0.6) is 0 Å². The highest BCUT2D eigenvalue weighted by Gasteiger charge is 2.20. The summed E-state index contributed by atoms with van der Waals surface area (Å²) in [5, 5.41) is 2.79. The van der Waals surface area contributed by atoms with Crippen LogP contribution in [0.25, 0.3) is 16.9 Å². The molecule has 4 nitrogen and oxygen atoms in total. The average Bonchev–Trinajstić information content (AvgIpc) is 3.01. The second kappa shape index (κ2) is 6.64. The Morgan fingerprint density at radius 1 is 1.04 bits per heavy atom. The zero-order valence-corrected chi connectivity index (χ0v) is 14.4. The minimum Gasteiger partial charge on any atom is -0.306 e. The second-order valence-corrected chi connectivity index (χ2v) is 6.19. The average molecular weight is 363 g/mol. The highest BCUT2D eigenvalue weighted by atomic mass is 19.1. The number of hydrogen-bond acceptors (Lipinski definition) is 2. The lowest BCUT2D eigenvalue weighted by molar-refractivity contribution is 0.102. The number of nitrogens with one attached hydrogen (secondary N) is 1. The molecule has 0 atom stereocenters.